The lowest BCUT2D eigenvalue weighted by atomic mass is 10.1. The van der Waals surface area contributed by atoms with E-state index in [1.165, 1.54) is 4.31 Å². The molecule has 0 aliphatic heterocycles. The Kier molecular flexibility index (Phi) is 4.91. The maximum Gasteiger partial charge on any atom is 0.264 e. The summed E-state index contributed by atoms with van der Waals surface area (Å²) in [5.41, 5.74) is 3.47. The molecule has 0 fully saturated rings. The molecule has 0 amide bonds. The molecule has 0 atom stereocenters. The highest BCUT2D eigenvalue weighted by molar-refractivity contribution is 7.92. The highest BCUT2D eigenvalue weighted by Gasteiger charge is 2.26. The lowest BCUT2D eigenvalue weighted by molar-refractivity contribution is 0.590. The molecule has 3 aromatic carbocycles. The Morgan fingerprint density at radius 2 is 1.48 bits per heavy atom. The number of nitrogens with zero attached hydrogens (tertiary/aromatic N) is 1. The van der Waals surface area contributed by atoms with Crippen molar-refractivity contribution in [1.82, 2.24) is 0 Å². The van der Waals surface area contributed by atoms with Gasteiger partial charge in [0.05, 0.1) is 17.1 Å². The maximum atomic E-state index is 13.4. The van der Waals surface area contributed by atoms with Crippen LogP contribution in [0.5, 0.6) is 0 Å². The molecule has 0 radical (unpaired) electrons. The van der Waals surface area contributed by atoms with E-state index in [9.17, 15) is 8.42 Å². The molecule has 0 unspecified atom stereocenters. The average molecular weight is 351 g/mol. The molecule has 0 saturated heterocycles. The van der Waals surface area contributed by atoms with Gasteiger partial charge in [-0.1, -0.05) is 66.2 Å². The van der Waals surface area contributed by atoms with Crippen molar-refractivity contribution >= 4 is 15.7 Å². The van der Waals surface area contributed by atoms with Crippen molar-refractivity contribution in [2.24, 2.45) is 0 Å². The van der Waals surface area contributed by atoms with Gasteiger partial charge in [0.15, 0.2) is 0 Å². The largest absolute Gasteiger partial charge is 0.264 e. The second kappa shape index (κ2) is 7.11. The maximum absolute atomic E-state index is 13.4. The molecule has 0 aliphatic rings. The van der Waals surface area contributed by atoms with Crippen LogP contribution in [0.3, 0.4) is 0 Å². The normalized spacial score (nSPS) is 11.3. The van der Waals surface area contributed by atoms with Gasteiger partial charge in [-0.25, -0.2) is 8.42 Å². The minimum absolute atomic E-state index is 0.294. The molecule has 0 N–H and O–H groups in total. The van der Waals surface area contributed by atoms with Crippen molar-refractivity contribution in [2.45, 2.75) is 25.3 Å². The fraction of sp³-hybridized carbons (Fsp3) is 0.143. The summed E-state index contributed by atoms with van der Waals surface area (Å²) in [4.78, 5) is 0.339. The van der Waals surface area contributed by atoms with E-state index in [1.54, 1.807) is 12.1 Å². The van der Waals surface area contributed by atoms with Crippen molar-refractivity contribution < 1.29 is 8.42 Å². The van der Waals surface area contributed by atoms with E-state index in [1.807, 2.05) is 80.6 Å². The third kappa shape index (κ3) is 3.74. The number of hydrogen-bond acceptors (Lipinski definition) is 2. The predicted octanol–water partition coefficient (Wildman–Crippen LogP) is 4.70. The molecule has 0 spiro atoms. The summed E-state index contributed by atoms with van der Waals surface area (Å²) < 4.78 is 28.2. The topological polar surface area (TPSA) is 37.4 Å². The Balaban J connectivity index is 2.10. The van der Waals surface area contributed by atoms with Crippen molar-refractivity contribution in [3.63, 3.8) is 0 Å². The summed E-state index contributed by atoms with van der Waals surface area (Å²) in [6, 6.07) is 24.3. The van der Waals surface area contributed by atoms with Gasteiger partial charge in [-0.05, 0) is 43.2 Å². The third-order valence-corrected chi connectivity index (χ3v) is 6.05. The summed E-state index contributed by atoms with van der Waals surface area (Å²) >= 11 is 0. The van der Waals surface area contributed by atoms with E-state index in [4.69, 9.17) is 0 Å². The summed E-state index contributed by atoms with van der Waals surface area (Å²) in [5.74, 6) is 0. The van der Waals surface area contributed by atoms with Crippen molar-refractivity contribution in [2.75, 3.05) is 4.31 Å². The minimum Gasteiger partial charge on any atom is -0.262 e. The molecule has 128 valence electrons. The summed E-state index contributed by atoms with van der Waals surface area (Å²) in [6.07, 6.45) is 0. The van der Waals surface area contributed by atoms with Gasteiger partial charge in [0.2, 0.25) is 0 Å². The number of aryl methyl sites for hydroxylation is 2. The van der Waals surface area contributed by atoms with Crippen LogP contribution in [0.25, 0.3) is 0 Å². The molecule has 0 aromatic heterocycles. The highest BCUT2D eigenvalue weighted by atomic mass is 32.2. The van der Waals surface area contributed by atoms with Gasteiger partial charge in [0, 0.05) is 0 Å². The highest BCUT2D eigenvalue weighted by Crippen LogP contribution is 2.27. The fourth-order valence-corrected chi connectivity index (χ4v) is 4.53. The Morgan fingerprint density at radius 3 is 2.16 bits per heavy atom. The van der Waals surface area contributed by atoms with E-state index < -0.39 is 10.0 Å². The Bertz CT molecular complexity index is 966. The Labute approximate surface area is 149 Å². The van der Waals surface area contributed by atoms with Crippen LogP contribution in [0, 0.1) is 13.8 Å². The number of anilines is 1. The van der Waals surface area contributed by atoms with E-state index in [2.05, 4.69) is 0 Å². The third-order valence-electron chi connectivity index (χ3n) is 4.11. The SMILES string of the molecule is Cc1cccc(CN(c2ccccc2)S(=O)(=O)c2ccccc2C)c1. The van der Waals surface area contributed by atoms with Gasteiger partial charge < -0.3 is 0 Å². The number of para-hydroxylation sites is 1. The molecule has 0 aliphatic carbocycles. The molecule has 3 aromatic rings. The van der Waals surface area contributed by atoms with E-state index in [0.717, 1.165) is 16.7 Å². The van der Waals surface area contributed by atoms with E-state index >= 15 is 0 Å². The van der Waals surface area contributed by atoms with Crippen LogP contribution in [-0.4, -0.2) is 8.42 Å². The van der Waals surface area contributed by atoms with Crippen LogP contribution in [0.4, 0.5) is 5.69 Å². The first-order chi connectivity index (χ1) is 12.0. The first-order valence-electron chi connectivity index (χ1n) is 8.17. The molecule has 25 heavy (non-hydrogen) atoms. The number of sulfonamides is 1. The quantitative estimate of drug-likeness (QED) is 0.668. The van der Waals surface area contributed by atoms with Crippen LogP contribution >= 0.6 is 0 Å². The van der Waals surface area contributed by atoms with Gasteiger partial charge in [0.1, 0.15) is 0 Å². The van der Waals surface area contributed by atoms with Crippen molar-refractivity contribution in [3.8, 4) is 0 Å². The van der Waals surface area contributed by atoms with Crippen LogP contribution in [0.15, 0.2) is 83.8 Å². The molecular weight excluding hydrogens is 330 g/mol. The van der Waals surface area contributed by atoms with Crippen LogP contribution in [-0.2, 0) is 16.6 Å². The molecule has 0 saturated carbocycles. The van der Waals surface area contributed by atoms with Gasteiger partial charge in [0.25, 0.3) is 10.0 Å². The zero-order valence-corrected chi connectivity index (χ0v) is 15.2. The van der Waals surface area contributed by atoms with Gasteiger partial charge in [-0.15, -0.1) is 0 Å². The fourth-order valence-electron chi connectivity index (χ4n) is 2.85. The average Bonchev–Trinajstić information content (AvgIpc) is 2.60. The monoisotopic (exact) mass is 351 g/mol. The minimum atomic E-state index is -3.66. The number of hydrogen-bond donors (Lipinski definition) is 0. The Morgan fingerprint density at radius 1 is 0.800 bits per heavy atom. The van der Waals surface area contributed by atoms with Crippen molar-refractivity contribution in [1.29, 1.82) is 0 Å². The summed E-state index contributed by atoms with van der Waals surface area (Å²) in [6.45, 7) is 4.12. The molecule has 3 rings (SSSR count). The second-order valence-electron chi connectivity index (χ2n) is 6.10. The molecule has 0 heterocycles. The van der Waals surface area contributed by atoms with Gasteiger partial charge in [-0.2, -0.15) is 0 Å². The summed E-state index contributed by atoms with van der Waals surface area (Å²) in [7, 11) is -3.66. The zero-order valence-electron chi connectivity index (χ0n) is 14.4. The Hall–Kier alpha value is -2.59. The number of benzene rings is 3. The van der Waals surface area contributed by atoms with Crippen LogP contribution in [0.2, 0.25) is 0 Å². The van der Waals surface area contributed by atoms with Crippen molar-refractivity contribution in [3.05, 3.63) is 95.6 Å². The molecule has 3 nitrogen and oxygen atoms in total. The first-order valence-corrected chi connectivity index (χ1v) is 9.61. The van der Waals surface area contributed by atoms with Gasteiger partial charge in [-0.3, -0.25) is 4.31 Å². The molecule has 4 heteroatoms. The van der Waals surface area contributed by atoms with Crippen LogP contribution < -0.4 is 4.31 Å². The van der Waals surface area contributed by atoms with Gasteiger partial charge >= 0.3 is 0 Å². The smallest absolute Gasteiger partial charge is 0.262 e. The molecular formula is C21H21NO2S. The lowest BCUT2D eigenvalue weighted by Gasteiger charge is -2.25. The lowest BCUT2D eigenvalue weighted by Crippen LogP contribution is -2.31. The second-order valence-corrected chi connectivity index (χ2v) is 7.93. The summed E-state index contributed by atoms with van der Waals surface area (Å²) in [5, 5.41) is 0. The standard InChI is InChI=1S/C21H21NO2S/c1-17-9-8-11-19(15-17)16-22(20-12-4-3-5-13-20)25(23,24)21-14-7-6-10-18(21)2/h3-15H,16H2,1-2H3. The zero-order chi connectivity index (χ0) is 17.9. The van der Waals surface area contributed by atoms with E-state index in [-0.39, 0.29) is 0 Å². The van der Waals surface area contributed by atoms with Crippen LogP contribution in [0.1, 0.15) is 16.7 Å². The number of rotatable bonds is 5. The predicted molar refractivity (Wildman–Crippen MR) is 102 cm³/mol. The van der Waals surface area contributed by atoms with E-state index in [0.29, 0.717) is 17.1 Å². The first kappa shape index (κ1) is 17.2. The molecule has 0 bridgehead atoms.